The molecular weight excluding hydrogens is 740 g/mol. The molecule has 1 unspecified atom stereocenters. The molecule has 0 aromatic heterocycles. The summed E-state index contributed by atoms with van der Waals surface area (Å²) in [5, 5.41) is 0.500. The van der Waals surface area contributed by atoms with E-state index < -0.39 is 45.2 Å². The molecular formula is C40H48ClF2N3O7S. The second kappa shape index (κ2) is 16.0. The number of likely N-dealkylation sites (tertiary alicyclic amines) is 2. The van der Waals surface area contributed by atoms with E-state index in [2.05, 4.69) is 4.72 Å². The number of rotatable bonds is 11. The lowest BCUT2D eigenvalue weighted by atomic mass is 9.90. The van der Waals surface area contributed by atoms with Crippen LogP contribution < -0.4 is 14.2 Å². The van der Waals surface area contributed by atoms with E-state index in [0.717, 1.165) is 37.8 Å². The zero-order valence-electron chi connectivity index (χ0n) is 31.0. The van der Waals surface area contributed by atoms with Gasteiger partial charge in [0.15, 0.2) is 6.04 Å². The molecule has 2 amide bonds. The van der Waals surface area contributed by atoms with E-state index in [9.17, 15) is 18.0 Å². The molecule has 3 atom stereocenters. The van der Waals surface area contributed by atoms with Gasteiger partial charge in [-0.25, -0.2) is 13.2 Å². The van der Waals surface area contributed by atoms with E-state index >= 15 is 8.78 Å². The second-order valence-electron chi connectivity index (χ2n) is 15.5. The van der Waals surface area contributed by atoms with Crippen molar-refractivity contribution in [2.24, 2.45) is 17.8 Å². The highest BCUT2D eigenvalue weighted by Gasteiger charge is 2.53. The van der Waals surface area contributed by atoms with Crippen LogP contribution in [0.1, 0.15) is 58.4 Å². The first-order chi connectivity index (χ1) is 25.5. The third-order valence-electron chi connectivity index (χ3n) is 10.4. The summed E-state index contributed by atoms with van der Waals surface area (Å²) in [7, 11) is -3.31. The molecule has 3 aromatic carbocycles. The first kappa shape index (κ1) is 39.7. The van der Waals surface area contributed by atoms with Gasteiger partial charge < -0.3 is 24.0 Å². The summed E-state index contributed by atoms with van der Waals surface area (Å²) in [5.41, 5.74) is -0.135. The van der Waals surface area contributed by atoms with E-state index in [-0.39, 0.29) is 48.7 Å². The zero-order chi connectivity index (χ0) is 38.8. The van der Waals surface area contributed by atoms with Gasteiger partial charge in [-0.05, 0) is 87.6 Å². The number of halogens is 3. The number of methoxy groups -OCH3 is 1. The maximum absolute atomic E-state index is 16.9. The summed E-state index contributed by atoms with van der Waals surface area (Å²) < 4.78 is 80.4. The molecule has 1 N–H and O–H groups in total. The number of hydrogen-bond acceptors (Lipinski definition) is 7. The average molecular weight is 788 g/mol. The van der Waals surface area contributed by atoms with Crippen molar-refractivity contribution in [1.29, 1.82) is 0 Å². The van der Waals surface area contributed by atoms with Crippen molar-refractivity contribution in [2.75, 3.05) is 39.9 Å². The minimum Gasteiger partial charge on any atom is -0.496 e. The molecule has 3 aliphatic rings. The smallest absolute Gasteiger partial charge is 0.410 e. The topological polar surface area (TPSA) is 114 Å². The van der Waals surface area contributed by atoms with Crippen LogP contribution in [0.15, 0.2) is 71.6 Å². The van der Waals surface area contributed by atoms with Gasteiger partial charge in [-0.15, -0.1) is 0 Å². The number of fused-ring (bicyclic) bond motifs is 1. The van der Waals surface area contributed by atoms with Crippen LogP contribution in [0.4, 0.5) is 13.6 Å². The molecule has 292 valence electrons. The Morgan fingerprint density at radius 2 is 1.50 bits per heavy atom. The van der Waals surface area contributed by atoms with Gasteiger partial charge in [0, 0.05) is 54.2 Å². The van der Waals surface area contributed by atoms with Crippen molar-refractivity contribution in [2.45, 2.75) is 75.3 Å². The number of amides is 2. The van der Waals surface area contributed by atoms with E-state index in [0.29, 0.717) is 34.4 Å². The molecule has 1 aliphatic carbocycles. The quantitative estimate of drug-likeness (QED) is 0.212. The van der Waals surface area contributed by atoms with E-state index in [1.54, 1.807) is 49.9 Å². The minimum atomic E-state index is -4.65. The molecule has 0 radical (unpaired) electrons. The van der Waals surface area contributed by atoms with Gasteiger partial charge in [0.25, 0.3) is 5.92 Å². The Morgan fingerprint density at radius 3 is 2.09 bits per heavy atom. The fraction of sp³-hybridized carbons (Fsp3) is 0.500. The van der Waals surface area contributed by atoms with Crippen LogP contribution in [0.25, 0.3) is 11.1 Å². The fourth-order valence-electron chi connectivity index (χ4n) is 7.55. The van der Waals surface area contributed by atoms with Crippen LogP contribution >= 0.6 is 11.6 Å². The Morgan fingerprint density at radius 1 is 0.889 bits per heavy atom. The molecule has 6 rings (SSSR count). The summed E-state index contributed by atoms with van der Waals surface area (Å²) in [6.07, 6.45) is 5.21. The maximum Gasteiger partial charge on any atom is 0.410 e. The van der Waals surface area contributed by atoms with E-state index in [1.807, 2.05) is 0 Å². The highest BCUT2D eigenvalue weighted by molar-refractivity contribution is 7.89. The average Bonchev–Trinajstić information content (AvgIpc) is 3.73. The standard InChI is InChI=1S/C40H48ClF2N3O7S/c1-39(2,3)53-38(48)46-23-28-21-45(22-29(28)24-46)37(47)36(40(42,43)30-12-19-34(35(20-30)51-4)27-10-13-31(41)14-11-27)44-54(49,50)33-17-15-32(16-18-33)52-25-26-8-6-5-7-9-26/h10-20,26,28-29,36,44H,5-9,21-25H2,1-4H3/t28-,29+,36?. The van der Waals surface area contributed by atoms with Crippen LogP contribution in [0.5, 0.6) is 11.5 Å². The van der Waals surface area contributed by atoms with Crippen LogP contribution in [0.3, 0.4) is 0 Å². The van der Waals surface area contributed by atoms with Crippen molar-refractivity contribution in [1.82, 2.24) is 14.5 Å². The lowest BCUT2D eigenvalue weighted by Crippen LogP contribution is -2.56. The molecule has 0 spiro atoms. The first-order valence-corrected chi connectivity index (χ1v) is 20.2. The van der Waals surface area contributed by atoms with Crippen molar-refractivity contribution in [3.63, 3.8) is 0 Å². The molecule has 2 heterocycles. The molecule has 10 nitrogen and oxygen atoms in total. The Labute approximate surface area is 321 Å². The lowest BCUT2D eigenvalue weighted by Gasteiger charge is -2.31. The summed E-state index contributed by atoms with van der Waals surface area (Å²) >= 11 is 6.05. The second-order valence-corrected chi connectivity index (χ2v) is 17.7. The number of hydrogen-bond donors (Lipinski definition) is 1. The Bertz CT molecular complexity index is 1900. The van der Waals surface area contributed by atoms with Crippen molar-refractivity contribution in [3.8, 4) is 22.6 Å². The molecule has 3 fully saturated rings. The number of sulfonamides is 1. The minimum absolute atomic E-state index is 0.0724. The van der Waals surface area contributed by atoms with Crippen molar-refractivity contribution in [3.05, 3.63) is 77.3 Å². The number of alkyl halides is 2. The van der Waals surface area contributed by atoms with Crippen molar-refractivity contribution >= 4 is 33.6 Å². The van der Waals surface area contributed by atoms with Gasteiger partial charge in [-0.3, -0.25) is 4.79 Å². The number of carbonyl (C=O) groups is 2. The summed E-state index contributed by atoms with van der Waals surface area (Å²) in [6, 6.07) is 13.5. The SMILES string of the molecule is COc1cc(C(F)(F)C(NS(=O)(=O)c2ccc(OCC3CCCCC3)cc2)C(=O)N2C[C@H]3CN(C(=O)OC(C)(C)C)C[C@H]3C2)ccc1-c1ccc(Cl)cc1. The van der Waals surface area contributed by atoms with Gasteiger partial charge in [-0.2, -0.15) is 13.5 Å². The molecule has 14 heteroatoms. The van der Waals surface area contributed by atoms with E-state index in [4.69, 9.17) is 25.8 Å². The zero-order valence-corrected chi connectivity index (χ0v) is 32.6. The molecule has 2 aliphatic heterocycles. The molecule has 1 saturated carbocycles. The van der Waals surface area contributed by atoms with Crippen LogP contribution in [-0.2, 0) is 25.5 Å². The Kier molecular flexibility index (Phi) is 11.8. The van der Waals surface area contributed by atoms with Gasteiger partial charge in [0.05, 0.1) is 18.6 Å². The number of carbonyl (C=O) groups excluding carboxylic acids is 2. The predicted octanol–water partition coefficient (Wildman–Crippen LogP) is 7.74. The summed E-state index contributed by atoms with van der Waals surface area (Å²) in [4.78, 5) is 29.5. The van der Waals surface area contributed by atoms with Crippen LogP contribution in [-0.4, -0.2) is 81.8 Å². The fourth-order valence-corrected chi connectivity index (χ4v) is 8.87. The molecule has 2 saturated heterocycles. The van der Waals surface area contributed by atoms with Crippen LogP contribution in [0.2, 0.25) is 5.02 Å². The maximum atomic E-state index is 16.9. The summed E-state index contributed by atoms with van der Waals surface area (Å²) in [5.74, 6) is -4.48. The Balaban J connectivity index is 1.25. The highest BCUT2D eigenvalue weighted by Crippen LogP contribution is 2.41. The first-order valence-electron chi connectivity index (χ1n) is 18.4. The molecule has 54 heavy (non-hydrogen) atoms. The number of benzene rings is 3. The van der Waals surface area contributed by atoms with Crippen LogP contribution in [0, 0.1) is 17.8 Å². The van der Waals surface area contributed by atoms with E-state index in [1.165, 1.54) is 48.8 Å². The monoisotopic (exact) mass is 787 g/mol. The predicted molar refractivity (Wildman–Crippen MR) is 201 cm³/mol. The van der Waals surface area contributed by atoms with Gasteiger partial charge in [-0.1, -0.05) is 55.1 Å². The van der Waals surface area contributed by atoms with Gasteiger partial charge in [0.2, 0.25) is 15.9 Å². The number of nitrogens with zero attached hydrogens (tertiary/aromatic N) is 2. The third kappa shape index (κ3) is 9.12. The normalized spacial score (nSPS) is 20.1. The number of ether oxygens (including phenoxy) is 3. The highest BCUT2D eigenvalue weighted by atomic mass is 35.5. The largest absolute Gasteiger partial charge is 0.496 e. The molecule has 0 bridgehead atoms. The van der Waals surface area contributed by atoms with Crippen molar-refractivity contribution < 1.29 is 41.0 Å². The lowest BCUT2D eigenvalue weighted by molar-refractivity contribution is -0.143. The van der Waals surface area contributed by atoms with Gasteiger partial charge in [0.1, 0.15) is 17.1 Å². The number of nitrogens with one attached hydrogen (secondary N) is 1. The summed E-state index contributed by atoms with van der Waals surface area (Å²) in [6.45, 7) is 6.54. The third-order valence-corrected chi connectivity index (χ3v) is 12.1. The van der Waals surface area contributed by atoms with Gasteiger partial charge >= 0.3 is 6.09 Å². The Hall–Kier alpha value is -3.94. The molecule has 3 aromatic rings.